The van der Waals surface area contributed by atoms with E-state index in [2.05, 4.69) is 25.5 Å². The maximum absolute atomic E-state index is 10.7. The van der Waals surface area contributed by atoms with Crippen LogP contribution < -0.4 is 10.7 Å². The molecule has 70 valence electrons. The Morgan fingerprint density at radius 3 is 3.08 bits per heavy atom. The van der Waals surface area contributed by atoms with E-state index in [9.17, 15) is 4.79 Å². The fourth-order valence-electron chi connectivity index (χ4n) is 0.640. The van der Waals surface area contributed by atoms with Gasteiger partial charge in [0.25, 0.3) is 0 Å². The van der Waals surface area contributed by atoms with Gasteiger partial charge in [0.15, 0.2) is 0 Å². The van der Waals surface area contributed by atoms with E-state index in [-0.39, 0.29) is 6.03 Å². The first-order valence-electron chi connectivity index (χ1n) is 3.66. The molecule has 6 heteroatoms. The molecule has 1 heterocycles. The zero-order valence-corrected chi connectivity index (χ0v) is 7.37. The lowest BCUT2D eigenvalue weighted by Crippen LogP contribution is -2.28. The molecule has 0 aromatic carbocycles. The summed E-state index contributed by atoms with van der Waals surface area (Å²) in [5.41, 5.74) is 3.71. The first-order valence-corrected chi connectivity index (χ1v) is 3.66. The Balaban J connectivity index is 2.50. The minimum absolute atomic E-state index is 0.370. The number of nitrogens with one attached hydrogen (secondary N) is 2. The van der Waals surface area contributed by atoms with Gasteiger partial charge in [-0.25, -0.2) is 10.2 Å². The molecular formula is C7H10N4O2. The number of amides is 2. The Morgan fingerprint density at radius 1 is 1.77 bits per heavy atom. The molecule has 13 heavy (non-hydrogen) atoms. The summed E-state index contributed by atoms with van der Waals surface area (Å²) in [5.74, 6) is 0. The van der Waals surface area contributed by atoms with Crippen LogP contribution in [0.3, 0.4) is 0 Å². The van der Waals surface area contributed by atoms with Crippen molar-refractivity contribution in [3.05, 3.63) is 17.5 Å². The van der Waals surface area contributed by atoms with E-state index in [1.807, 2.05) is 0 Å². The molecule has 6 nitrogen and oxygen atoms in total. The van der Waals surface area contributed by atoms with E-state index in [1.54, 1.807) is 6.92 Å². The minimum Gasteiger partial charge on any atom is -0.364 e. The van der Waals surface area contributed by atoms with Crippen LogP contribution in [0, 0.1) is 6.92 Å². The van der Waals surface area contributed by atoms with Crippen LogP contribution in [0.4, 0.5) is 4.79 Å². The number of urea groups is 1. The molecule has 0 radical (unpaired) electrons. The van der Waals surface area contributed by atoms with E-state index in [0.29, 0.717) is 0 Å². The third-order valence-electron chi connectivity index (χ3n) is 1.38. The number of rotatable bonds is 2. The number of nitrogens with zero attached hydrogens (tertiary/aromatic N) is 2. The van der Waals surface area contributed by atoms with Crippen molar-refractivity contribution in [3.63, 3.8) is 0 Å². The van der Waals surface area contributed by atoms with Crippen LogP contribution in [-0.2, 0) is 0 Å². The van der Waals surface area contributed by atoms with Crippen molar-refractivity contribution in [2.45, 2.75) is 6.92 Å². The lowest BCUT2D eigenvalue weighted by Gasteiger charge is -1.94. The van der Waals surface area contributed by atoms with Crippen LogP contribution in [0.25, 0.3) is 0 Å². The van der Waals surface area contributed by atoms with E-state index >= 15 is 0 Å². The van der Waals surface area contributed by atoms with Crippen LogP contribution in [0.15, 0.2) is 15.9 Å². The molecular weight excluding hydrogens is 172 g/mol. The van der Waals surface area contributed by atoms with Crippen LogP contribution >= 0.6 is 0 Å². The second-order valence-electron chi connectivity index (χ2n) is 2.30. The lowest BCUT2D eigenvalue weighted by molar-refractivity contribution is 0.243. The number of hydrogen-bond acceptors (Lipinski definition) is 4. The average Bonchev–Trinajstić information content (AvgIpc) is 2.52. The van der Waals surface area contributed by atoms with Crippen LogP contribution in [0.5, 0.6) is 0 Å². The molecule has 0 aliphatic heterocycles. The van der Waals surface area contributed by atoms with Crippen molar-refractivity contribution in [2.24, 2.45) is 5.10 Å². The van der Waals surface area contributed by atoms with Crippen molar-refractivity contribution in [1.82, 2.24) is 15.9 Å². The first kappa shape index (κ1) is 9.24. The number of carbonyl (C=O) groups is 1. The predicted molar refractivity (Wildman–Crippen MR) is 46.4 cm³/mol. The van der Waals surface area contributed by atoms with Gasteiger partial charge in [-0.3, -0.25) is 0 Å². The fraction of sp³-hybridized carbons (Fsp3) is 0.286. The van der Waals surface area contributed by atoms with Gasteiger partial charge in [-0.2, -0.15) is 5.10 Å². The lowest BCUT2D eigenvalue weighted by atomic mass is 10.3. The Bertz CT molecular complexity index is 318. The molecule has 0 saturated heterocycles. The number of carbonyl (C=O) groups excluding carboxylic acids is 1. The largest absolute Gasteiger partial charge is 0.364 e. The van der Waals surface area contributed by atoms with E-state index in [0.717, 1.165) is 11.3 Å². The van der Waals surface area contributed by atoms with Crippen molar-refractivity contribution in [2.75, 3.05) is 7.05 Å². The average molecular weight is 182 g/mol. The zero-order valence-electron chi connectivity index (χ0n) is 7.37. The van der Waals surface area contributed by atoms with Crippen molar-refractivity contribution in [3.8, 4) is 0 Å². The first-order chi connectivity index (χ1) is 6.24. The summed E-state index contributed by atoms with van der Waals surface area (Å²) in [6, 6.07) is -0.370. The molecule has 0 fully saturated rings. The highest BCUT2D eigenvalue weighted by Gasteiger charge is 1.98. The van der Waals surface area contributed by atoms with E-state index < -0.39 is 0 Å². The highest BCUT2D eigenvalue weighted by Crippen LogP contribution is 1.99. The standard InChI is InChI=1S/C7H10N4O2/c1-5-6(4-13-11-5)3-9-10-7(12)8-2/h3-4H,1-2H3,(H2,8,10,12)/b9-3+. The Morgan fingerprint density at radius 2 is 2.54 bits per heavy atom. The molecule has 0 unspecified atom stereocenters. The minimum atomic E-state index is -0.370. The van der Waals surface area contributed by atoms with Gasteiger partial charge in [0, 0.05) is 7.05 Å². The second kappa shape index (κ2) is 4.24. The van der Waals surface area contributed by atoms with Crippen LogP contribution in [-0.4, -0.2) is 24.5 Å². The quantitative estimate of drug-likeness (QED) is 0.508. The Hall–Kier alpha value is -1.85. The summed E-state index contributed by atoms with van der Waals surface area (Å²) in [4.78, 5) is 10.7. The number of hydrogen-bond donors (Lipinski definition) is 2. The monoisotopic (exact) mass is 182 g/mol. The van der Waals surface area contributed by atoms with Crippen LogP contribution in [0.2, 0.25) is 0 Å². The normalized spacial score (nSPS) is 10.3. The summed E-state index contributed by atoms with van der Waals surface area (Å²) in [5, 5.41) is 9.66. The molecule has 1 aromatic heterocycles. The topological polar surface area (TPSA) is 79.5 Å². The third-order valence-corrected chi connectivity index (χ3v) is 1.38. The third kappa shape index (κ3) is 2.58. The molecule has 0 spiro atoms. The maximum atomic E-state index is 10.7. The predicted octanol–water partition coefficient (Wildman–Crippen LogP) is 0.246. The number of aromatic nitrogens is 1. The van der Waals surface area contributed by atoms with Gasteiger partial charge in [-0.15, -0.1) is 0 Å². The van der Waals surface area contributed by atoms with E-state index in [1.165, 1.54) is 19.5 Å². The maximum Gasteiger partial charge on any atom is 0.334 e. The zero-order chi connectivity index (χ0) is 9.68. The molecule has 2 N–H and O–H groups in total. The number of hydrazone groups is 1. The van der Waals surface area contributed by atoms with Gasteiger partial charge in [0.05, 0.1) is 17.5 Å². The molecule has 0 aliphatic rings. The molecule has 0 bridgehead atoms. The van der Waals surface area contributed by atoms with Crippen molar-refractivity contribution in [1.29, 1.82) is 0 Å². The second-order valence-corrected chi connectivity index (χ2v) is 2.30. The van der Waals surface area contributed by atoms with E-state index in [4.69, 9.17) is 0 Å². The summed E-state index contributed by atoms with van der Waals surface area (Å²) in [6.45, 7) is 1.78. The summed E-state index contributed by atoms with van der Waals surface area (Å²) >= 11 is 0. The fourth-order valence-corrected chi connectivity index (χ4v) is 0.640. The Labute approximate surface area is 75.0 Å². The van der Waals surface area contributed by atoms with Gasteiger partial charge >= 0.3 is 6.03 Å². The van der Waals surface area contributed by atoms with Crippen molar-refractivity contribution >= 4 is 12.2 Å². The van der Waals surface area contributed by atoms with Gasteiger partial charge in [0.2, 0.25) is 0 Å². The van der Waals surface area contributed by atoms with Crippen molar-refractivity contribution < 1.29 is 9.32 Å². The van der Waals surface area contributed by atoms with Gasteiger partial charge in [-0.05, 0) is 6.92 Å². The molecule has 0 aliphatic carbocycles. The molecule has 0 saturated carbocycles. The summed E-state index contributed by atoms with van der Waals surface area (Å²) in [6.07, 6.45) is 2.91. The molecule has 0 atom stereocenters. The SMILES string of the molecule is CNC(=O)N/N=C/c1conc1C. The van der Waals surface area contributed by atoms with Gasteiger partial charge in [0.1, 0.15) is 6.26 Å². The summed E-state index contributed by atoms with van der Waals surface area (Å²) < 4.78 is 4.66. The summed E-state index contributed by atoms with van der Waals surface area (Å²) in [7, 11) is 1.51. The molecule has 2 amide bonds. The smallest absolute Gasteiger partial charge is 0.334 e. The van der Waals surface area contributed by atoms with Gasteiger partial charge in [-0.1, -0.05) is 5.16 Å². The Kier molecular flexibility index (Phi) is 3.02. The highest BCUT2D eigenvalue weighted by molar-refractivity contribution is 5.82. The highest BCUT2D eigenvalue weighted by atomic mass is 16.5. The number of aryl methyl sites for hydroxylation is 1. The van der Waals surface area contributed by atoms with Crippen LogP contribution in [0.1, 0.15) is 11.3 Å². The molecule has 1 rings (SSSR count). The van der Waals surface area contributed by atoms with Gasteiger partial charge < -0.3 is 9.84 Å². The molecule has 1 aromatic rings.